The fourth-order valence-corrected chi connectivity index (χ4v) is 2.02. The third kappa shape index (κ3) is 1.28. The van der Waals surface area contributed by atoms with E-state index in [0.29, 0.717) is 13.4 Å². The van der Waals surface area contributed by atoms with Crippen LogP contribution >= 0.6 is 0 Å². The minimum Gasteiger partial charge on any atom is -0.108 e. The molecule has 0 N–H and O–H groups in total. The van der Waals surface area contributed by atoms with Gasteiger partial charge >= 0.3 is 0 Å². The molecule has 1 rings (SSSR count). The largest absolute Gasteiger partial charge is 0.193 e. The van der Waals surface area contributed by atoms with Gasteiger partial charge in [-0.1, -0.05) is 41.3 Å². The molecule has 0 radical (unpaired) electrons. The molecule has 0 unspecified atom stereocenters. The summed E-state index contributed by atoms with van der Waals surface area (Å²) in [7, 11) is 0. The Kier molecular flexibility index (Phi) is 2.55. The predicted octanol–water partition coefficient (Wildman–Crippen LogP) is 3.08. The lowest BCUT2D eigenvalue weighted by Gasteiger charge is -2.26. The number of allylic oxidation sites excluding steroid dienone is 4. The van der Waals surface area contributed by atoms with Crippen LogP contribution in [0.5, 0.6) is 0 Å². The minimum atomic E-state index is 0.668. The smallest absolute Gasteiger partial charge is 0.108 e. The van der Waals surface area contributed by atoms with Gasteiger partial charge in [0.05, 0.1) is 0 Å². The summed E-state index contributed by atoms with van der Waals surface area (Å²) >= 11 is 0. The van der Waals surface area contributed by atoms with E-state index in [4.69, 9.17) is 0 Å². The van der Waals surface area contributed by atoms with Gasteiger partial charge in [0.15, 0.2) is 13.4 Å². The molecule has 0 saturated heterocycles. The van der Waals surface area contributed by atoms with Crippen LogP contribution in [0.1, 0.15) is 27.7 Å². The molecule has 64 valence electrons. The van der Waals surface area contributed by atoms with Crippen molar-refractivity contribution in [2.24, 2.45) is 0 Å². The Morgan fingerprint density at radius 3 is 0.917 bits per heavy atom. The Labute approximate surface area is 77.3 Å². The average Bonchev–Trinajstić information content (AvgIpc) is 2.08. The molecule has 12 heavy (non-hydrogen) atoms. The van der Waals surface area contributed by atoms with Gasteiger partial charge in [0, 0.05) is 0 Å². The molecular weight excluding hydrogens is 142 g/mol. The Bertz CT molecular complexity index is 209. The molecule has 0 atom stereocenters. The molecule has 0 amide bonds. The molecule has 1 aliphatic rings. The van der Waals surface area contributed by atoms with Crippen LogP contribution in [0.2, 0.25) is 13.6 Å². The van der Waals surface area contributed by atoms with Crippen molar-refractivity contribution in [1.82, 2.24) is 0 Å². The van der Waals surface area contributed by atoms with Gasteiger partial charge in [0.1, 0.15) is 0 Å². The van der Waals surface area contributed by atoms with Crippen molar-refractivity contribution in [2.75, 3.05) is 0 Å². The molecule has 0 aromatic carbocycles. The lowest BCUT2D eigenvalue weighted by atomic mass is 9.26. The van der Waals surface area contributed by atoms with Crippen molar-refractivity contribution in [3.8, 4) is 0 Å². The van der Waals surface area contributed by atoms with E-state index < -0.39 is 0 Å². The molecular formula is C10H18B2. The zero-order valence-electron chi connectivity index (χ0n) is 9.15. The van der Waals surface area contributed by atoms with Gasteiger partial charge in [-0.2, -0.15) is 0 Å². The molecule has 2 heteroatoms. The topological polar surface area (TPSA) is 0 Å². The second kappa shape index (κ2) is 3.16. The highest BCUT2D eigenvalue weighted by atomic mass is 14.0. The zero-order valence-corrected chi connectivity index (χ0v) is 9.15. The second-order valence-electron chi connectivity index (χ2n) is 4.18. The zero-order chi connectivity index (χ0) is 9.46. The third-order valence-electron chi connectivity index (χ3n) is 3.84. The van der Waals surface area contributed by atoms with Crippen LogP contribution < -0.4 is 0 Å². The van der Waals surface area contributed by atoms with Crippen LogP contribution in [0.4, 0.5) is 0 Å². The highest BCUT2D eigenvalue weighted by Crippen LogP contribution is 2.27. The van der Waals surface area contributed by atoms with Gasteiger partial charge in [-0.3, -0.25) is 0 Å². The summed E-state index contributed by atoms with van der Waals surface area (Å²) in [6.45, 7) is 15.0. The van der Waals surface area contributed by atoms with E-state index in [0.717, 1.165) is 0 Å². The average molecular weight is 160 g/mol. The van der Waals surface area contributed by atoms with E-state index in [-0.39, 0.29) is 0 Å². The summed E-state index contributed by atoms with van der Waals surface area (Å²) in [5.74, 6) is 0. The second-order valence-corrected chi connectivity index (χ2v) is 4.18. The van der Waals surface area contributed by atoms with E-state index in [2.05, 4.69) is 41.3 Å². The third-order valence-corrected chi connectivity index (χ3v) is 3.84. The first kappa shape index (κ1) is 9.70. The number of rotatable bonds is 0. The van der Waals surface area contributed by atoms with Gasteiger partial charge in [-0.15, -0.1) is 21.9 Å². The summed E-state index contributed by atoms with van der Waals surface area (Å²) in [6, 6.07) is 0. The van der Waals surface area contributed by atoms with Crippen molar-refractivity contribution in [3.05, 3.63) is 21.9 Å². The van der Waals surface area contributed by atoms with Crippen LogP contribution in [0.3, 0.4) is 0 Å². The Morgan fingerprint density at radius 2 is 0.750 bits per heavy atom. The molecule has 1 heterocycles. The van der Waals surface area contributed by atoms with Crippen molar-refractivity contribution < 1.29 is 0 Å². The van der Waals surface area contributed by atoms with Gasteiger partial charge in [0.25, 0.3) is 0 Å². The molecule has 1 aliphatic heterocycles. The molecule has 0 nitrogen and oxygen atoms in total. The van der Waals surface area contributed by atoms with Crippen LogP contribution in [-0.2, 0) is 0 Å². The van der Waals surface area contributed by atoms with Crippen LogP contribution in [0, 0.1) is 0 Å². The summed E-state index contributed by atoms with van der Waals surface area (Å²) in [4.78, 5) is 0. The lowest BCUT2D eigenvalue weighted by molar-refractivity contribution is 1.37. The molecule has 0 aliphatic carbocycles. The predicted molar refractivity (Wildman–Crippen MR) is 60.0 cm³/mol. The summed E-state index contributed by atoms with van der Waals surface area (Å²) in [6.07, 6.45) is 0. The maximum atomic E-state index is 2.31. The maximum Gasteiger partial charge on any atom is 0.193 e. The summed E-state index contributed by atoms with van der Waals surface area (Å²) in [5.41, 5.74) is 6.30. The quantitative estimate of drug-likeness (QED) is 0.477. The van der Waals surface area contributed by atoms with Crippen LogP contribution in [-0.4, -0.2) is 13.4 Å². The minimum absolute atomic E-state index is 0.668. The Balaban J connectivity index is 3.13. The summed E-state index contributed by atoms with van der Waals surface area (Å²) < 4.78 is 0. The van der Waals surface area contributed by atoms with Crippen LogP contribution in [0.15, 0.2) is 21.9 Å². The van der Waals surface area contributed by atoms with Crippen molar-refractivity contribution >= 4 is 13.4 Å². The molecule has 0 aromatic rings. The van der Waals surface area contributed by atoms with Crippen molar-refractivity contribution in [3.63, 3.8) is 0 Å². The van der Waals surface area contributed by atoms with Gasteiger partial charge in [0.2, 0.25) is 0 Å². The Morgan fingerprint density at radius 1 is 0.583 bits per heavy atom. The summed E-state index contributed by atoms with van der Waals surface area (Å²) in [5, 5.41) is 0. The number of hydrogen-bond acceptors (Lipinski definition) is 0. The molecule has 0 spiro atoms. The first-order chi connectivity index (χ1) is 5.46. The van der Waals surface area contributed by atoms with Gasteiger partial charge in [-0.05, 0) is 0 Å². The standard InChI is InChI=1S/C10H18B2/c1-7-8(2)12(6)10(4)9(3)11(7)5/h1-6H3. The van der Waals surface area contributed by atoms with Crippen LogP contribution in [0.25, 0.3) is 0 Å². The maximum absolute atomic E-state index is 2.31. The molecule has 0 bridgehead atoms. The van der Waals surface area contributed by atoms with Gasteiger partial charge < -0.3 is 0 Å². The van der Waals surface area contributed by atoms with Crippen molar-refractivity contribution in [1.29, 1.82) is 0 Å². The fraction of sp³-hybridized carbons (Fsp3) is 0.600. The molecule has 0 saturated carbocycles. The first-order valence-electron chi connectivity index (χ1n) is 4.81. The van der Waals surface area contributed by atoms with E-state index in [1.165, 1.54) is 0 Å². The van der Waals surface area contributed by atoms with E-state index >= 15 is 0 Å². The molecule has 0 fully saturated rings. The SMILES string of the molecule is CB1C(C)=C(C)B(C)C(C)=C1C. The Hall–Kier alpha value is -0.390. The van der Waals surface area contributed by atoms with E-state index in [1.54, 1.807) is 21.9 Å². The number of hydrogen-bond donors (Lipinski definition) is 0. The van der Waals surface area contributed by atoms with Crippen molar-refractivity contribution in [2.45, 2.75) is 41.3 Å². The fourth-order valence-electron chi connectivity index (χ4n) is 2.02. The van der Waals surface area contributed by atoms with Gasteiger partial charge in [-0.25, -0.2) is 0 Å². The highest BCUT2D eigenvalue weighted by molar-refractivity contribution is 6.84. The van der Waals surface area contributed by atoms with E-state index in [1.807, 2.05) is 0 Å². The highest BCUT2D eigenvalue weighted by Gasteiger charge is 2.26. The normalized spacial score (nSPS) is 19.5. The lowest BCUT2D eigenvalue weighted by Crippen LogP contribution is -2.29. The van der Waals surface area contributed by atoms with E-state index in [9.17, 15) is 0 Å². The molecule has 0 aromatic heterocycles. The first-order valence-corrected chi connectivity index (χ1v) is 4.81. The monoisotopic (exact) mass is 160 g/mol.